The Morgan fingerprint density at radius 1 is 1.14 bits per heavy atom. The van der Waals surface area contributed by atoms with Gasteiger partial charge in [0.1, 0.15) is 11.5 Å². The number of likely N-dealkylation sites (tertiary alicyclic amines) is 1. The van der Waals surface area contributed by atoms with Gasteiger partial charge in [-0.05, 0) is 75.4 Å². The SMILES string of the molecule is Cc1cc(CN2CCC(CNS(=O)(=O)c3ccc(C(C)C)cc3)CC2)c(C)o1. The summed E-state index contributed by atoms with van der Waals surface area (Å²) in [5.74, 6) is 2.73. The van der Waals surface area contributed by atoms with Gasteiger partial charge in [0.15, 0.2) is 0 Å². The van der Waals surface area contributed by atoms with Crippen LogP contribution < -0.4 is 4.72 Å². The summed E-state index contributed by atoms with van der Waals surface area (Å²) in [6, 6.07) is 9.32. The molecule has 1 aromatic heterocycles. The molecule has 6 heteroatoms. The third kappa shape index (κ3) is 5.25. The van der Waals surface area contributed by atoms with Crippen LogP contribution in [0.25, 0.3) is 0 Å². The first-order valence-electron chi connectivity index (χ1n) is 10.1. The van der Waals surface area contributed by atoms with Gasteiger partial charge in [0.25, 0.3) is 0 Å². The number of aryl methyl sites for hydroxylation is 2. The van der Waals surface area contributed by atoms with E-state index in [-0.39, 0.29) is 0 Å². The minimum Gasteiger partial charge on any atom is -0.466 e. The fourth-order valence-electron chi connectivity index (χ4n) is 3.77. The van der Waals surface area contributed by atoms with E-state index in [1.54, 1.807) is 12.1 Å². The molecule has 2 aromatic rings. The maximum absolute atomic E-state index is 12.6. The number of rotatable bonds is 7. The zero-order chi connectivity index (χ0) is 20.3. The summed E-state index contributed by atoms with van der Waals surface area (Å²) >= 11 is 0. The van der Waals surface area contributed by atoms with Gasteiger partial charge in [-0.25, -0.2) is 13.1 Å². The molecule has 0 saturated carbocycles. The molecule has 1 N–H and O–H groups in total. The summed E-state index contributed by atoms with van der Waals surface area (Å²) in [6.45, 7) is 11.6. The highest BCUT2D eigenvalue weighted by Gasteiger charge is 2.23. The maximum atomic E-state index is 12.6. The molecule has 0 aliphatic carbocycles. The summed E-state index contributed by atoms with van der Waals surface area (Å²) in [5.41, 5.74) is 2.40. The number of nitrogens with one attached hydrogen (secondary N) is 1. The quantitative estimate of drug-likeness (QED) is 0.751. The number of sulfonamides is 1. The lowest BCUT2D eigenvalue weighted by Crippen LogP contribution is -2.38. The Kier molecular flexibility index (Phi) is 6.63. The largest absolute Gasteiger partial charge is 0.466 e. The van der Waals surface area contributed by atoms with E-state index < -0.39 is 10.0 Å². The maximum Gasteiger partial charge on any atom is 0.240 e. The molecule has 28 heavy (non-hydrogen) atoms. The minimum absolute atomic E-state index is 0.347. The molecule has 5 nitrogen and oxygen atoms in total. The van der Waals surface area contributed by atoms with E-state index in [1.165, 1.54) is 5.56 Å². The first-order chi connectivity index (χ1) is 13.2. The van der Waals surface area contributed by atoms with E-state index in [2.05, 4.69) is 29.5 Å². The Labute approximate surface area is 169 Å². The van der Waals surface area contributed by atoms with Crippen molar-refractivity contribution in [1.82, 2.24) is 9.62 Å². The molecule has 1 fully saturated rings. The van der Waals surface area contributed by atoms with E-state index in [1.807, 2.05) is 26.0 Å². The topological polar surface area (TPSA) is 62.6 Å². The number of hydrogen-bond acceptors (Lipinski definition) is 4. The molecule has 3 rings (SSSR count). The molecule has 1 aliphatic rings. The van der Waals surface area contributed by atoms with Gasteiger partial charge in [-0.15, -0.1) is 0 Å². The van der Waals surface area contributed by atoms with Crippen molar-refractivity contribution < 1.29 is 12.8 Å². The molecule has 1 aromatic carbocycles. The Balaban J connectivity index is 1.48. The lowest BCUT2D eigenvalue weighted by atomic mass is 9.97. The van der Waals surface area contributed by atoms with Crippen LogP contribution in [0.4, 0.5) is 0 Å². The molecule has 0 atom stereocenters. The zero-order valence-electron chi connectivity index (χ0n) is 17.4. The van der Waals surface area contributed by atoms with Gasteiger partial charge in [-0.2, -0.15) is 0 Å². The van der Waals surface area contributed by atoms with Gasteiger partial charge in [-0.1, -0.05) is 26.0 Å². The molecule has 1 aliphatic heterocycles. The normalized spacial score (nSPS) is 16.8. The second-order valence-corrected chi connectivity index (χ2v) is 10.0. The van der Waals surface area contributed by atoms with Crippen LogP contribution >= 0.6 is 0 Å². The van der Waals surface area contributed by atoms with E-state index in [0.29, 0.717) is 23.3 Å². The van der Waals surface area contributed by atoms with Crippen LogP contribution in [0.2, 0.25) is 0 Å². The molecule has 0 spiro atoms. The van der Waals surface area contributed by atoms with Crippen molar-refractivity contribution in [1.29, 1.82) is 0 Å². The number of benzene rings is 1. The molecule has 0 amide bonds. The van der Waals surface area contributed by atoms with Gasteiger partial charge >= 0.3 is 0 Å². The Bertz CT molecular complexity index is 877. The summed E-state index contributed by atoms with van der Waals surface area (Å²) in [7, 11) is -3.44. The van der Waals surface area contributed by atoms with Crippen LogP contribution in [-0.4, -0.2) is 33.0 Å². The fraction of sp³-hybridized carbons (Fsp3) is 0.545. The van der Waals surface area contributed by atoms with Crippen LogP contribution in [-0.2, 0) is 16.6 Å². The van der Waals surface area contributed by atoms with Crippen LogP contribution in [0.5, 0.6) is 0 Å². The number of furan rings is 1. The van der Waals surface area contributed by atoms with Gasteiger partial charge in [0.2, 0.25) is 10.0 Å². The predicted octanol–water partition coefficient (Wildman–Crippen LogP) is 4.21. The van der Waals surface area contributed by atoms with Gasteiger partial charge in [-0.3, -0.25) is 4.90 Å². The van der Waals surface area contributed by atoms with E-state index in [4.69, 9.17) is 4.42 Å². The predicted molar refractivity (Wildman–Crippen MR) is 112 cm³/mol. The van der Waals surface area contributed by atoms with Crippen LogP contribution in [0.3, 0.4) is 0 Å². The average Bonchev–Trinajstić information content (AvgIpc) is 2.98. The van der Waals surface area contributed by atoms with Crippen molar-refractivity contribution in [3.63, 3.8) is 0 Å². The van der Waals surface area contributed by atoms with Crippen molar-refractivity contribution in [2.24, 2.45) is 5.92 Å². The second kappa shape index (κ2) is 8.80. The Morgan fingerprint density at radius 2 is 1.79 bits per heavy atom. The smallest absolute Gasteiger partial charge is 0.240 e. The van der Waals surface area contributed by atoms with Crippen LogP contribution in [0, 0.1) is 19.8 Å². The van der Waals surface area contributed by atoms with E-state index >= 15 is 0 Å². The Morgan fingerprint density at radius 3 is 2.32 bits per heavy atom. The second-order valence-electron chi connectivity index (χ2n) is 8.23. The van der Waals surface area contributed by atoms with Gasteiger partial charge in [0, 0.05) is 18.7 Å². The summed E-state index contributed by atoms with van der Waals surface area (Å²) < 4.78 is 33.6. The summed E-state index contributed by atoms with van der Waals surface area (Å²) in [5, 5.41) is 0. The third-order valence-electron chi connectivity index (χ3n) is 5.66. The monoisotopic (exact) mass is 404 g/mol. The van der Waals surface area contributed by atoms with Crippen LogP contribution in [0.1, 0.15) is 55.3 Å². The Hall–Kier alpha value is -1.63. The highest BCUT2D eigenvalue weighted by atomic mass is 32.2. The molecule has 2 heterocycles. The zero-order valence-corrected chi connectivity index (χ0v) is 18.2. The lowest BCUT2D eigenvalue weighted by Gasteiger charge is -2.31. The third-order valence-corrected chi connectivity index (χ3v) is 7.10. The molecule has 0 unspecified atom stereocenters. The van der Waals surface area contributed by atoms with Gasteiger partial charge in [0.05, 0.1) is 4.90 Å². The molecular weight excluding hydrogens is 372 g/mol. The molecule has 0 radical (unpaired) electrons. The highest BCUT2D eigenvalue weighted by Crippen LogP contribution is 2.22. The standard InChI is InChI=1S/C22H32N2O3S/c1-16(2)20-5-7-22(8-6-20)28(25,26)23-14-19-9-11-24(12-10-19)15-21-13-17(3)27-18(21)4/h5-8,13,16,19,23H,9-12,14-15H2,1-4H3. The minimum atomic E-state index is -3.44. The van der Waals surface area contributed by atoms with E-state index in [9.17, 15) is 8.42 Å². The van der Waals surface area contributed by atoms with E-state index in [0.717, 1.165) is 49.6 Å². The van der Waals surface area contributed by atoms with Crippen molar-refractivity contribution in [3.05, 3.63) is 53.0 Å². The summed E-state index contributed by atoms with van der Waals surface area (Å²) in [6.07, 6.45) is 2.01. The molecule has 0 bridgehead atoms. The van der Waals surface area contributed by atoms with Crippen molar-refractivity contribution in [3.8, 4) is 0 Å². The highest BCUT2D eigenvalue weighted by molar-refractivity contribution is 7.89. The average molecular weight is 405 g/mol. The van der Waals surface area contributed by atoms with Crippen LogP contribution in [0.15, 0.2) is 39.6 Å². The molecule has 154 valence electrons. The number of hydrogen-bond donors (Lipinski definition) is 1. The van der Waals surface area contributed by atoms with Gasteiger partial charge < -0.3 is 4.42 Å². The number of piperidine rings is 1. The molecular formula is C22H32N2O3S. The first kappa shape index (κ1) is 21.1. The summed E-state index contributed by atoms with van der Waals surface area (Å²) in [4.78, 5) is 2.77. The van der Waals surface area contributed by atoms with Crippen molar-refractivity contribution >= 4 is 10.0 Å². The first-order valence-corrected chi connectivity index (χ1v) is 11.6. The number of nitrogens with zero attached hydrogens (tertiary/aromatic N) is 1. The van der Waals surface area contributed by atoms with Crippen molar-refractivity contribution in [2.75, 3.05) is 19.6 Å². The molecule has 1 saturated heterocycles. The van der Waals surface area contributed by atoms with Crippen molar-refractivity contribution in [2.45, 2.75) is 57.9 Å². The fourth-order valence-corrected chi connectivity index (χ4v) is 4.89. The lowest BCUT2D eigenvalue weighted by molar-refractivity contribution is 0.178.